The van der Waals surface area contributed by atoms with Crippen molar-refractivity contribution < 1.29 is 0 Å². The van der Waals surface area contributed by atoms with Crippen LogP contribution in [0.4, 0.5) is 11.5 Å². The molecular formula is C20H17ClN4. The van der Waals surface area contributed by atoms with Gasteiger partial charge >= 0.3 is 0 Å². The Morgan fingerprint density at radius 3 is 2.60 bits per heavy atom. The average Bonchev–Trinajstić information content (AvgIpc) is 2.99. The van der Waals surface area contributed by atoms with Gasteiger partial charge in [0.1, 0.15) is 5.82 Å². The van der Waals surface area contributed by atoms with Crippen LogP contribution in [-0.4, -0.2) is 14.6 Å². The molecule has 0 aliphatic carbocycles. The molecule has 4 rings (SSSR count). The predicted octanol–water partition coefficient (Wildman–Crippen LogP) is 5.41. The van der Waals surface area contributed by atoms with Gasteiger partial charge in [-0.05, 0) is 37.6 Å². The van der Waals surface area contributed by atoms with Crippen LogP contribution in [0.25, 0.3) is 16.8 Å². The molecule has 0 spiro atoms. The molecule has 4 aromatic rings. The van der Waals surface area contributed by atoms with Crippen LogP contribution in [0.2, 0.25) is 5.02 Å². The molecular weight excluding hydrogens is 332 g/mol. The highest BCUT2D eigenvalue weighted by Crippen LogP contribution is 2.31. The van der Waals surface area contributed by atoms with Gasteiger partial charge in [-0.3, -0.25) is 0 Å². The van der Waals surface area contributed by atoms with E-state index in [1.807, 2.05) is 60.1 Å². The first-order chi connectivity index (χ1) is 12.1. The highest BCUT2D eigenvalue weighted by atomic mass is 35.5. The Balaban J connectivity index is 1.86. The van der Waals surface area contributed by atoms with Crippen molar-refractivity contribution in [3.05, 3.63) is 77.1 Å². The van der Waals surface area contributed by atoms with Crippen LogP contribution < -0.4 is 5.32 Å². The second-order valence-electron chi connectivity index (χ2n) is 6.05. The molecule has 0 bridgehead atoms. The van der Waals surface area contributed by atoms with E-state index in [0.717, 1.165) is 34.0 Å². The topological polar surface area (TPSA) is 42.2 Å². The number of nitrogens with zero attached hydrogens (tertiary/aromatic N) is 3. The summed E-state index contributed by atoms with van der Waals surface area (Å²) in [5.41, 5.74) is 5.76. The predicted molar refractivity (Wildman–Crippen MR) is 103 cm³/mol. The first-order valence-corrected chi connectivity index (χ1v) is 8.43. The van der Waals surface area contributed by atoms with E-state index < -0.39 is 0 Å². The van der Waals surface area contributed by atoms with Crippen LogP contribution >= 0.6 is 11.6 Å². The van der Waals surface area contributed by atoms with E-state index in [2.05, 4.69) is 34.5 Å². The molecule has 0 saturated carbocycles. The second-order valence-corrected chi connectivity index (χ2v) is 6.46. The Hall–Kier alpha value is -2.85. The van der Waals surface area contributed by atoms with Crippen molar-refractivity contribution in [3.8, 4) is 11.1 Å². The number of benzene rings is 2. The molecule has 0 atom stereocenters. The maximum atomic E-state index is 6.36. The van der Waals surface area contributed by atoms with Gasteiger partial charge in [0.2, 0.25) is 0 Å². The van der Waals surface area contributed by atoms with Gasteiger partial charge in [-0.25, -0.2) is 4.98 Å². The summed E-state index contributed by atoms with van der Waals surface area (Å²) in [7, 11) is 0. The van der Waals surface area contributed by atoms with E-state index in [9.17, 15) is 0 Å². The molecule has 2 heterocycles. The number of anilines is 2. The van der Waals surface area contributed by atoms with E-state index in [4.69, 9.17) is 11.6 Å². The Morgan fingerprint density at radius 2 is 1.80 bits per heavy atom. The third-order valence-corrected chi connectivity index (χ3v) is 4.38. The van der Waals surface area contributed by atoms with Gasteiger partial charge in [-0.1, -0.05) is 41.9 Å². The van der Waals surface area contributed by atoms with Gasteiger partial charge in [0.15, 0.2) is 5.65 Å². The van der Waals surface area contributed by atoms with Crippen LogP contribution in [0.15, 0.2) is 60.8 Å². The lowest BCUT2D eigenvalue weighted by molar-refractivity contribution is 0.938. The fraction of sp³-hybridized carbons (Fsp3) is 0.100. The Morgan fingerprint density at radius 1 is 0.960 bits per heavy atom. The maximum absolute atomic E-state index is 6.36. The minimum absolute atomic E-state index is 0.689. The van der Waals surface area contributed by atoms with Crippen LogP contribution in [0, 0.1) is 13.8 Å². The zero-order valence-corrected chi connectivity index (χ0v) is 14.7. The number of aryl methyl sites for hydroxylation is 2. The van der Waals surface area contributed by atoms with Gasteiger partial charge in [0.05, 0.1) is 6.20 Å². The van der Waals surface area contributed by atoms with Crippen molar-refractivity contribution >= 4 is 28.8 Å². The van der Waals surface area contributed by atoms with Gasteiger partial charge < -0.3 is 5.32 Å². The van der Waals surface area contributed by atoms with E-state index in [1.54, 1.807) is 0 Å². The monoisotopic (exact) mass is 348 g/mol. The van der Waals surface area contributed by atoms with Crippen molar-refractivity contribution in [1.82, 2.24) is 14.6 Å². The molecule has 124 valence electrons. The van der Waals surface area contributed by atoms with Crippen LogP contribution in [0.1, 0.15) is 11.3 Å². The normalized spacial score (nSPS) is 11.0. The lowest BCUT2D eigenvalue weighted by atomic mass is 10.1. The van der Waals surface area contributed by atoms with Crippen molar-refractivity contribution in [3.63, 3.8) is 0 Å². The molecule has 4 nitrogen and oxygen atoms in total. The van der Waals surface area contributed by atoms with Crippen LogP contribution in [0.5, 0.6) is 0 Å². The van der Waals surface area contributed by atoms with Crippen molar-refractivity contribution in [2.75, 3.05) is 5.32 Å². The zero-order valence-electron chi connectivity index (χ0n) is 14.0. The van der Waals surface area contributed by atoms with Crippen molar-refractivity contribution in [2.45, 2.75) is 13.8 Å². The summed E-state index contributed by atoms with van der Waals surface area (Å²) in [6.45, 7) is 4.05. The van der Waals surface area contributed by atoms with Gasteiger partial charge in [-0.15, -0.1) is 0 Å². The molecule has 1 N–H and O–H groups in total. The summed E-state index contributed by atoms with van der Waals surface area (Å²) in [6, 6.07) is 18.0. The number of halogens is 1. The first kappa shape index (κ1) is 15.7. The minimum Gasteiger partial charge on any atom is -0.340 e. The van der Waals surface area contributed by atoms with E-state index >= 15 is 0 Å². The van der Waals surface area contributed by atoms with Crippen molar-refractivity contribution in [2.24, 2.45) is 0 Å². The summed E-state index contributed by atoms with van der Waals surface area (Å²) in [6.07, 6.45) is 1.81. The minimum atomic E-state index is 0.689. The molecule has 25 heavy (non-hydrogen) atoms. The number of fused-ring (bicyclic) bond motifs is 1. The molecule has 5 heteroatoms. The summed E-state index contributed by atoms with van der Waals surface area (Å²) >= 11 is 6.36. The smallest absolute Gasteiger partial charge is 0.165 e. The van der Waals surface area contributed by atoms with Gasteiger partial charge in [-0.2, -0.15) is 9.61 Å². The quantitative estimate of drug-likeness (QED) is 0.538. The number of rotatable bonds is 3. The highest BCUT2D eigenvalue weighted by molar-refractivity contribution is 6.33. The first-order valence-electron chi connectivity index (χ1n) is 8.06. The summed E-state index contributed by atoms with van der Waals surface area (Å²) in [5, 5.41) is 8.65. The van der Waals surface area contributed by atoms with E-state index in [0.29, 0.717) is 5.02 Å². The van der Waals surface area contributed by atoms with Gasteiger partial charge in [0, 0.05) is 33.6 Å². The number of hydrogen-bond acceptors (Lipinski definition) is 3. The molecule has 0 amide bonds. The summed E-state index contributed by atoms with van der Waals surface area (Å²) in [4.78, 5) is 4.67. The lowest BCUT2D eigenvalue weighted by Gasteiger charge is -2.10. The molecule has 2 aromatic carbocycles. The Labute approximate surface area is 151 Å². The summed E-state index contributed by atoms with van der Waals surface area (Å²) in [5.74, 6) is 0.867. The largest absolute Gasteiger partial charge is 0.340 e. The standard InChI is InChI=1S/C20H17ClN4/c1-13-6-5-7-15(10-13)24-19-11-14(2)23-20-17(12-22-25(19)20)16-8-3-4-9-18(16)21/h3-12,24H,1-2H3. The average molecular weight is 349 g/mol. The Kier molecular flexibility index (Phi) is 3.90. The molecule has 0 aliphatic heterocycles. The number of nitrogens with one attached hydrogen (secondary N) is 1. The van der Waals surface area contributed by atoms with Gasteiger partial charge in [0.25, 0.3) is 0 Å². The second kappa shape index (κ2) is 6.22. The van der Waals surface area contributed by atoms with Crippen molar-refractivity contribution in [1.29, 1.82) is 0 Å². The third-order valence-electron chi connectivity index (χ3n) is 4.05. The molecule has 2 aromatic heterocycles. The molecule has 0 saturated heterocycles. The number of hydrogen-bond donors (Lipinski definition) is 1. The van der Waals surface area contributed by atoms with Crippen LogP contribution in [-0.2, 0) is 0 Å². The molecule has 0 radical (unpaired) electrons. The highest BCUT2D eigenvalue weighted by Gasteiger charge is 2.14. The lowest BCUT2D eigenvalue weighted by Crippen LogP contribution is -2.02. The van der Waals surface area contributed by atoms with E-state index in [-0.39, 0.29) is 0 Å². The fourth-order valence-electron chi connectivity index (χ4n) is 2.91. The molecule has 0 unspecified atom stereocenters. The zero-order chi connectivity index (χ0) is 17.4. The molecule has 0 aliphatic rings. The third kappa shape index (κ3) is 2.96. The maximum Gasteiger partial charge on any atom is 0.165 e. The molecule has 0 fully saturated rings. The Bertz CT molecular complexity index is 1070. The fourth-order valence-corrected chi connectivity index (χ4v) is 3.15. The summed E-state index contributed by atoms with van der Waals surface area (Å²) < 4.78 is 1.81. The number of aromatic nitrogens is 3. The van der Waals surface area contributed by atoms with Crippen LogP contribution in [0.3, 0.4) is 0 Å². The SMILES string of the molecule is Cc1cccc(Nc2cc(C)nc3c(-c4ccccc4Cl)cnn23)c1. The van der Waals surface area contributed by atoms with E-state index in [1.165, 1.54) is 5.56 Å².